The molecule has 2 unspecified atom stereocenters. The van der Waals surface area contributed by atoms with Crippen molar-refractivity contribution in [3.8, 4) is 0 Å². The highest BCUT2D eigenvalue weighted by Gasteiger charge is 2.39. The molecule has 0 spiro atoms. The lowest BCUT2D eigenvalue weighted by Crippen LogP contribution is -2.30. The summed E-state index contributed by atoms with van der Waals surface area (Å²) in [6.07, 6.45) is 8.06. The molecule has 1 aromatic heterocycles. The molecule has 2 rings (SSSR count). The van der Waals surface area contributed by atoms with E-state index in [1.54, 1.807) is 0 Å². The van der Waals surface area contributed by atoms with Crippen LogP contribution in [-0.4, -0.2) is 22.4 Å². The van der Waals surface area contributed by atoms with Crippen LogP contribution in [0.15, 0.2) is 10.7 Å². The zero-order valence-corrected chi connectivity index (χ0v) is 14.0. The Morgan fingerprint density at radius 3 is 2.95 bits per heavy atom. The molecule has 0 amide bonds. The second kappa shape index (κ2) is 6.40. The van der Waals surface area contributed by atoms with E-state index in [0.717, 1.165) is 19.5 Å². The molecule has 1 heterocycles. The van der Waals surface area contributed by atoms with Crippen molar-refractivity contribution in [2.75, 3.05) is 6.54 Å². The van der Waals surface area contributed by atoms with Crippen LogP contribution in [-0.2, 0) is 12.0 Å². The van der Waals surface area contributed by atoms with Crippen molar-refractivity contribution in [2.24, 2.45) is 0 Å². The standard InChI is InChI=1S/C15H26BrN3/c1-4-8-17-12-6-7-15(3,10-12)14-13(16)11-18-19(14)9-5-2/h11-12,17H,4-10H2,1-3H3. The molecule has 0 aromatic carbocycles. The third kappa shape index (κ3) is 3.22. The molecule has 0 saturated heterocycles. The van der Waals surface area contributed by atoms with E-state index in [1.807, 2.05) is 6.20 Å². The van der Waals surface area contributed by atoms with Crippen LogP contribution in [0.25, 0.3) is 0 Å². The van der Waals surface area contributed by atoms with Gasteiger partial charge in [-0.05, 0) is 54.6 Å². The summed E-state index contributed by atoms with van der Waals surface area (Å²) in [7, 11) is 0. The zero-order valence-electron chi connectivity index (χ0n) is 12.4. The summed E-state index contributed by atoms with van der Waals surface area (Å²) in [6, 6.07) is 0.668. The Labute approximate surface area is 125 Å². The molecule has 0 radical (unpaired) electrons. The molecule has 2 atom stereocenters. The first-order valence-corrected chi connectivity index (χ1v) is 8.35. The molecule has 0 aliphatic heterocycles. The third-order valence-corrected chi connectivity index (χ3v) is 4.81. The highest BCUT2D eigenvalue weighted by molar-refractivity contribution is 9.10. The SMILES string of the molecule is CCCNC1CCC(C)(c2c(Br)cnn2CCC)C1. The molecule has 1 aromatic rings. The van der Waals surface area contributed by atoms with Gasteiger partial charge in [0.15, 0.2) is 0 Å². The summed E-state index contributed by atoms with van der Waals surface area (Å²) in [5.41, 5.74) is 1.66. The number of rotatable bonds is 6. The summed E-state index contributed by atoms with van der Waals surface area (Å²) >= 11 is 3.70. The molecule has 1 N–H and O–H groups in total. The minimum Gasteiger partial charge on any atom is -0.314 e. The van der Waals surface area contributed by atoms with E-state index < -0.39 is 0 Å². The minimum absolute atomic E-state index is 0.260. The molecule has 1 fully saturated rings. The van der Waals surface area contributed by atoms with Crippen molar-refractivity contribution in [1.82, 2.24) is 15.1 Å². The van der Waals surface area contributed by atoms with Gasteiger partial charge in [0, 0.05) is 18.0 Å². The van der Waals surface area contributed by atoms with Crippen LogP contribution in [0.4, 0.5) is 0 Å². The fraction of sp³-hybridized carbons (Fsp3) is 0.800. The number of hydrogen-bond acceptors (Lipinski definition) is 2. The van der Waals surface area contributed by atoms with Crippen molar-refractivity contribution in [2.45, 2.75) is 70.9 Å². The van der Waals surface area contributed by atoms with Gasteiger partial charge < -0.3 is 5.32 Å². The highest BCUT2D eigenvalue weighted by atomic mass is 79.9. The maximum atomic E-state index is 4.53. The van der Waals surface area contributed by atoms with Gasteiger partial charge in [-0.15, -0.1) is 0 Å². The lowest BCUT2D eigenvalue weighted by Gasteiger charge is -2.26. The monoisotopic (exact) mass is 327 g/mol. The highest BCUT2D eigenvalue weighted by Crippen LogP contribution is 2.43. The average Bonchev–Trinajstić information content (AvgIpc) is 2.92. The Morgan fingerprint density at radius 1 is 1.47 bits per heavy atom. The number of aromatic nitrogens is 2. The summed E-state index contributed by atoms with van der Waals surface area (Å²) in [4.78, 5) is 0. The van der Waals surface area contributed by atoms with Gasteiger partial charge in [0.2, 0.25) is 0 Å². The zero-order chi connectivity index (χ0) is 13.9. The lowest BCUT2D eigenvalue weighted by molar-refractivity contribution is 0.407. The van der Waals surface area contributed by atoms with Gasteiger partial charge >= 0.3 is 0 Å². The first-order valence-electron chi connectivity index (χ1n) is 7.56. The summed E-state index contributed by atoms with van der Waals surface area (Å²) < 4.78 is 3.38. The predicted molar refractivity (Wildman–Crippen MR) is 83.5 cm³/mol. The number of nitrogens with one attached hydrogen (secondary N) is 1. The molecule has 19 heavy (non-hydrogen) atoms. The molecule has 4 heteroatoms. The summed E-state index contributed by atoms with van der Waals surface area (Å²) in [5.74, 6) is 0. The Kier molecular flexibility index (Phi) is 5.07. The largest absolute Gasteiger partial charge is 0.314 e. The maximum absolute atomic E-state index is 4.53. The van der Waals surface area contributed by atoms with Gasteiger partial charge in [-0.3, -0.25) is 4.68 Å². The van der Waals surface area contributed by atoms with Crippen LogP contribution < -0.4 is 5.32 Å². The molecular weight excluding hydrogens is 302 g/mol. The van der Waals surface area contributed by atoms with Crippen molar-refractivity contribution < 1.29 is 0 Å². The Hall–Kier alpha value is -0.350. The average molecular weight is 328 g/mol. The van der Waals surface area contributed by atoms with Gasteiger partial charge in [-0.2, -0.15) is 5.10 Å². The maximum Gasteiger partial charge on any atom is 0.0635 e. The van der Waals surface area contributed by atoms with Crippen molar-refractivity contribution in [3.05, 3.63) is 16.4 Å². The quantitative estimate of drug-likeness (QED) is 0.859. The van der Waals surface area contributed by atoms with Gasteiger partial charge in [-0.1, -0.05) is 20.8 Å². The van der Waals surface area contributed by atoms with Crippen LogP contribution in [0.3, 0.4) is 0 Å². The van der Waals surface area contributed by atoms with E-state index in [4.69, 9.17) is 0 Å². The van der Waals surface area contributed by atoms with Crippen LogP contribution in [0.2, 0.25) is 0 Å². The van der Waals surface area contributed by atoms with E-state index in [1.165, 1.54) is 35.8 Å². The number of halogens is 1. The third-order valence-electron chi connectivity index (χ3n) is 4.23. The number of aryl methyl sites for hydroxylation is 1. The summed E-state index contributed by atoms with van der Waals surface area (Å²) in [5, 5.41) is 8.21. The van der Waals surface area contributed by atoms with Crippen molar-refractivity contribution >= 4 is 15.9 Å². The molecule has 3 nitrogen and oxygen atoms in total. The van der Waals surface area contributed by atoms with Crippen LogP contribution in [0.5, 0.6) is 0 Å². The molecule has 1 aliphatic carbocycles. The lowest BCUT2D eigenvalue weighted by atomic mass is 9.84. The van der Waals surface area contributed by atoms with Crippen LogP contribution >= 0.6 is 15.9 Å². The normalized spacial score (nSPS) is 27.1. The molecular formula is C15H26BrN3. The van der Waals surface area contributed by atoms with Gasteiger partial charge in [-0.25, -0.2) is 0 Å². The number of hydrogen-bond donors (Lipinski definition) is 1. The van der Waals surface area contributed by atoms with Gasteiger partial charge in [0.25, 0.3) is 0 Å². The van der Waals surface area contributed by atoms with Gasteiger partial charge in [0.05, 0.1) is 16.4 Å². The van der Waals surface area contributed by atoms with E-state index in [0.29, 0.717) is 6.04 Å². The molecule has 1 saturated carbocycles. The predicted octanol–water partition coefficient (Wildman–Crippen LogP) is 3.87. The molecule has 108 valence electrons. The second-order valence-electron chi connectivity index (χ2n) is 6.02. The van der Waals surface area contributed by atoms with Crippen molar-refractivity contribution in [1.29, 1.82) is 0 Å². The number of nitrogens with zero attached hydrogens (tertiary/aromatic N) is 2. The smallest absolute Gasteiger partial charge is 0.0635 e. The Balaban J connectivity index is 2.14. The minimum atomic E-state index is 0.260. The Bertz CT molecular complexity index is 416. The first-order chi connectivity index (χ1) is 9.10. The molecule has 1 aliphatic rings. The Morgan fingerprint density at radius 2 is 2.26 bits per heavy atom. The van der Waals surface area contributed by atoms with E-state index >= 15 is 0 Å². The fourth-order valence-corrected chi connectivity index (χ4v) is 4.10. The van der Waals surface area contributed by atoms with E-state index in [9.17, 15) is 0 Å². The van der Waals surface area contributed by atoms with Crippen molar-refractivity contribution in [3.63, 3.8) is 0 Å². The van der Waals surface area contributed by atoms with Crippen LogP contribution in [0, 0.1) is 0 Å². The fourth-order valence-electron chi connectivity index (χ4n) is 3.32. The second-order valence-corrected chi connectivity index (χ2v) is 6.87. The molecule has 0 bridgehead atoms. The van der Waals surface area contributed by atoms with E-state index in [2.05, 4.69) is 51.8 Å². The van der Waals surface area contributed by atoms with Gasteiger partial charge in [0.1, 0.15) is 0 Å². The topological polar surface area (TPSA) is 29.9 Å². The first kappa shape index (κ1) is 15.0. The summed E-state index contributed by atoms with van der Waals surface area (Å²) in [6.45, 7) is 8.99. The van der Waals surface area contributed by atoms with Crippen LogP contribution in [0.1, 0.15) is 58.6 Å². The van der Waals surface area contributed by atoms with E-state index in [-0.39, 0.29) is 5.41 Å².